The first kappa shape index (κ1) is 19.5. The Hall–Kier alpha value is -3.21. The zero-order valence-corrected chi connectivity index (χ0v) is 16.9. The molecule has 0 saturated carbocycles. The van der Waals surface area contributed by atoms with E-state index >= 15 is 0 Å². The maximum absolute atomic E-state index is 12.8. The number of carbonyl (C=O) groups is 1. The van der Waals surface area contributed by atoms with E-state index in [1.54, 1.807) is 13.0 Å². The second-order valence-electron chi connectivity index (χ2n) is 7.23. The maximum Gasteiger partial charge on any atom is 0.267 e. The number of carbonyl (C=O) groups excluding carboxylic acids is 1. The van der Waals surface area contributed by atoms with E-state index in [0.717, 1.165) is 33.5 Å². The van der Waals surface area contributed by atoms with Crippen LogP contribution in [0.1, 0.15) is 35.2 Å². The van der Waals surface area contributed by atoms with Crippen molar-refractivity contribution in [2.45, 2.75) is 40.7 Å². The van der Waals surface area contributed by atoms with Crippen LogP contribution in [0.4, 0.5) is 5.69 Å². The molecular formula is C23H25N3O2. The van der Waals surface area contributed by atoms with E-state index in [9.17, 15) is 9.59 Å². The molecule has 0 bridgehead atoms. The van der Waals surface area contributed by atoms with Gasteiger partial charge in [0.2, 0.25) is 5.91 Å². The summed E-state index contributed by atoms with van der Waals surface area (Å²) < 4.78 is 1.25. The minimum absolute atomic E-state index is 0.276. The minimum Gasteiger partial charge on any atom is -0.324 e. The summed E-state index contributed by atoms with van der Waals surface area (Å²) in [6.45, 7) is 9.65. The van der Waals surface area contributed by atoms with Crippen molar-refractivity contribution < 1.29 is 4.79 Å². The molecule has 0 fully saturated rings. The van der Waals surface area contributed by atoms with Crippen LogP contribution in [0.25, 0.3) is 11.3 Å². The SMILES string of the molecule is Cc1ccc(C)c(-c2ccc(=O)n(C(C)C(=O)Nc3cccc(C)c3C)n2)c1. The number of anilines is 1. The highest BCUT2D eigenvalue weighted by Gasteiger charge is 2.19. The van der Waals surface area contributed by atoms with E-state index in [0.29, 0.717) is 5.69 Å². The molecule has 2 aromatic carbocycles. The summed E-state index contributed by atoms with van der Waals surface area (Å²) in [4.78, 5) is 25.2. The third-order valence-electron chi connectivity index (χ3n) is 5.10. The number of amides is 1. The lowest BCUT2D eigenvalue weighted by Crippen LogP contribution is -2.33. The van der Waals surface area contributed by atoms with Crippen molar-refractivity contribution in [2.75, 3.05) is 5.32 Å². The number of hydrogen-bond acceptors (Lipinski definition) is 3. The highest BCUT2D eigenvalue weighted by atomic mass is 16.2. The molecule has 1 heterocycles. The van der Waals surface area contributed by atoms with Crippen LogP contribution in [-0.2, 0) is 4.79 Å². The predicted molar refractivity (Wildman–Crippen MR) is 113 cm³/mol. The zero-order chi connectivity index (χ0) is 20.4. The fourth-order valence-corrected chi connectivity index (χ4v) is 3.09. The second-order valence-corrected chi connectivity index (χ2v) is 7.23. The number of aromatic nitrogens is 2. The normalized spacial score (nSPS) is 11.9. The van der Waals surface area contributed by atoms with Gasteiger partial charge in [-0.15, -0.1) is 0 Å². The van der Waals surface area contributed by atoms with Gasteiger partial charge in [0.25, 0.3) is 5.56 Å². The van der Waals surface area contributed by atoms with Gasteiger partial charge in [0.15, 0.2) is 0 Å². The van der Waals surface area contributed by atoms with Crippen molar-refractivity contribution in [3.63, 3.8) is 0 Å². The summed E-state index contributed by atoms with van der Waals surface area (Å²) in [5.74, 6) is -0.276. The highest BCUT2D eigenvalue weighted by Crippen LogP contribution is 2.23. The fraction of sp³-hybridized carbons (Fsp3) is 0.261. The van der Waals surface area contributed by atoms with E-state index in [1.165, 1.54) is 10.7 Å². The Morgan fingerprint density at radius 2 is 1.75 bits per heavy atom. The van der Waals surface area contributed by atoms with Gasteiger partial charge in [0, 0.05) is 17.3 Å². The van der Waals surface area contributed by atoms with Crippen LogP contribution in [0.3, 0.4) is 0 Å². The number of rotatable bonds is 4. The van der Waals surface area contributed by atoms with Crippen molar-refractivity contribution in [1.29, 1.82) is 0 Å². The van der Waals surface area contributed by atoms with Gasteiger partial charge in [0.1, 0.15) is 6.04 Å². The fourth-order valence-electron chi connectivity index (χ4n) is 3.09. The van der Waals surface area contributed by atoms with Crippen molar-refractivity contribution in [3.8, 4) is 11.3 Å². The summed E-state index contributed by atoms with van der Waals surface area (Å²) in [6, 6.07) is 14.3. The summed E-state index contributed by atoms with van der Waals surface area (Å²) >= 11 is 0. The van der Waals surface area contributed by atoms with Gasteiger partial charge in [-0.3, -0.25) is 9.59 Å². The van der Waals surface area contributed by atoms with E-state index < -0.39 is 6.04 Å². The molecule has 1 atom stereocenters. The lowest BCUT2D eigenvalue weighted by Gasteiger charge is -2.17. The quantitative estimate of drug-likeness (QED) is 0.738. The standard InChI is InChI=1S/C23H25N3O2/c1-14-9-10-16(3)19(13-14)21-11-12-22(27)26(25-21)18(5)23(28)24-20-8-6-7-15(2)17(20)4/h6-13,18H,1-5H3,(H,24,28). The Kier molecular flexibility index (Phi) is 5.45. The average molecular weight is 375 g/mol. The van der Waals surface area contributed by atoms with E-state index in [2.05, 4.69) is 10.4 Å². The Morgan fingerprint density at radius 1 is 1.00 bits per heavy atom. The monoisotopic (exact) mass is 375 g/mol. The molecule has 1 N–H and O–H groups in total. The van der Waals surface area contributed by atoms with E-state index in [-0.39, 0.29) is 11.5 Å². The van der Waals surface area contributed by atoms with Crippen LogP contribution in [0, 0.1) is 27.7 Å². The first-order valence-electron chi connectivity index (χ1n) is 9.32. The molecule has 3 rings (SSSR count). The van der Waals surface area contributed by atoms with Crippen molar-refractivity contribution >= 4 is 11.6 Å². The predicted octanol–water partition coefficient (Wildman–Crippen LogP) is 4.34. The zero-order valence-electron chi connectivity index (χ0n) is 16.9. The molecule has 1 aromatic heterocycles. The Labute approximate surface area is 165 Å². The maximum atomic E-state index is 12.8. The first-order valence-corrected chi connectivity index (χ1v) is 9.32. The van der Waals surface area contributed by atoms with E-state index in [1.807, 2.05) is 64.1 Å². The first-order chi connectivity index (χ1) is 13.3. The smallest absolute Gasteiger partial charge is 0.267 e. The van der Waals surface area contributed by atoms with Crippen LogP contribution in [0.2, 0.25) is 0 Å². The summed E-state index contributed by atoms with van der Waals surface area (Å²) in [5.41, 5.74) is 6.35. The molecule has 0 aliphatic carbocycles. The number of aryl methyl sites for hydroxylation is 3. The molecule has 0 aliphatic rings. The third kappa shape index (κ3) is 3.88. The largest absolute Gasteiger partial charge is 0.324 e. The van der Waals surface area contributed by atoms with Crippen molar-refractivity contribution in [1.82, 2.24) is 9.78 Å². The minimum atomic E-state index is -0.738. The van der Waals surface area contributed by atoms with Gasteiger partial charge in [-0.25, -0.2) is 4.68 Å². The van der Waals surface area contributed by atoms with Gasteiger partial charge in [-0.05, 0) is 69.5 Å². The van der Waals surface area contributed by atoms with Crippen LogP contribution in [0.5, 0.6) is 0 Å². The van der Waals surface area contributed by atoms with Crippen LogP contribution in [0.15, 0.2) is 53.3 Å². The molecule has 0 aliphatic heterocycles. The van der Waals surface area contributed by atoms with Crippen LogP contribution < -0.4 is 10.9 Å². The Balaban J connectivity index is 1.94. The van der Waals surface area contributed by atoms with Gasteiger partial charge >= 0.3 is 0 Å². The van der Waals surface area contributed by atoms with Gasteiger partial charge < -0.3 is 5.32 Å². The van der Waals surface area contributed by atoms with Crippen LogP contribution in [-0.4, -0.2) is 15.7 Å². The molecule has 3 aromatic rings. The molecule has 0 saturated heterocycles. The molecular weight excluding hydrogens is 350 g/mol. The Bertz CT molecular complexity index is 1100. The lowest BCUT2D eigenvalue weighted by atomic mass is 10.0. The molecule has 28 heavy (non-hydrogen) atoms. The number of nitrogens with one attached hydrogen (secondary N) is 1. The summed E-state index contributed by atoms with van der Waals surface area (Å²) in [7, 11) is 0. The number of nitrogens with zero attached hydrogens (tertiary/aromatic N) is 2. The lowest BCUT2D eigenvalue weighted by molar-refractivity contribution is -0.119. The van der Waals surface area contributed by atoms with Gasteiger partial charge in [-0.1, -0.05) is 29.8 Å². The van der Waals surface area contributed by atoms with Crippen LogP contribution >= 0.6 is 0 Å². The van der Waals surface area contributed by atoms with Gasteiger partial charge in [-0.2, -0.15) is 5.10 Å². The molecule has 5 heteroatoms. The third-order valence-corrected chi connectivity index (χ3v) is 5.10. The Morgan fingerprint density at radius 3 is 2.50 bits per heavy atom. The summed E-state index contributed by atoms with van der Waals surface area (Å²) in [6.07, 6.45) is 0. The molecule has 5 nitrogen and oxygen atoms in total. The molecule has 1 amide bonds. The molecule has 144 valence electrons. The van der Waals surface area contributed by atoms with Crippen molar-refractivity contribution in [3.05, 3.63) is 81.1 Å². The number of benzene rings is 2. The average Bonchev–Trinajstić information content (AvgIpc) is 2.67. The summed E-state index contributed by atoms with van der Waals surface area (Å²) in [5, 5.41) is 7.41. The second kappa shape index (κ2) is 7.80. The number of hydrogen-bond donors (Lipinski definition) is 1. The molecule has 0 spiro atoms. The topological polar surface area (TPSA) is 64.0 Å². The van der Waals surface area contributed by atoms with Crippen molar-refractivity contribution in [2.24, 2.45) is 0 Å². The highest BCUT2D eigenvalue weighted by molar-refractivity contribution is 5.94. The molecule has 0 radical (unpaired) electrons. The van der Waals surface area contributed by atoms with Gasteiger partial charge in [0.05, 0.1) is 5.69 Å². The molecule has 1 unspecified atom stereocenters. The van der Waals surface area contributed by atoms with E-state index in [4.69, 9.17) is 0 Å².